The van der Waals surface area contributed by atoms with Gasteiger partial charge in [-0.05, 0) is 60.9 Å². The van der Waals surface area contributed by atoms with Gasteiger partial charge in [0.1, 0.15) is 5.75 Å². The predicted octanol–water partition coefficient (Wildman–Crippen LogP) is 6.02. The number of benzene rings is 2. The van der Waals surface area contributed by atoms with Crippen molar-refractivity contribution in [3.8, 4) is 16.9 Å². The molecular weight excluding hydrogens is 296 g/mol. The molecule has 0 spiro atoms. The van der Waals surface area contributed by atoms with Crippen LogP contribution in [0, 0.1) is 5.92 Å². The maximum absolute atomic E-state index is 6.10. The smallest absolute Gasteiger partial charge is 0.119 e. The molecule has 2 aromatic rings. The van der Waals surface area contributed by atoms with Crippen LogP contribution in [0.25, 0.3) is 11.1 Å². The Morgan fingerprint density at radius 1 is 0.917 bits per heavy atom. The van der Waals surface area contributed by atoms with Crippen LogP contribution in [0.4, 0.5) is 0 Å². The van der Waals surface area contributed by atoms with Crippen molar-refractivity contribution >= 4 is 0 Å². The fraction of sp³-hybridized carbons (Fsp3) is 0.455. The number of hydrogen-bond acceptors (Lipinski definition) is 2. The Bertz CT molecular complexity index is 607. The van der Waals surface area contributed by atoms with Crippen molar-refractivity contribution in [2.75, 3.05) is 13.2 Å². The van der Waals surface area contributed by atoms with Crippen LogP contribution in [0.5, 0.6) is 5.75 Å². The first kappa shape index (κ1) is 17.0. The van der Waals surface area contributed by atoms with Gasteiger partial charge in [0.05, 0.1) is 19.3 Å². The molecule has 2 unspecified atom stereocenters. The Morgan fingerprint density at radius 2 is 1.58 bits per heavy atom. The molecule has 3 rings (SSSR count). The van der Waals surface area contributed by atoms with Gasteiger partial charge in [0, 0.05) is 0 Å². The van der Waals surface area contributed by atoms with Gasteiger partial charge in [-0.3, -0.25) is 0 Å². The van der Waals surface area contributed by atoms with Crippen molar-refractivity contribution in [1.29, 1.82) is 0 Å². The lowest BCUT2D eigenvalue weighted by atomic mass is 9.91. The molecule has 1 aliphatic heterocycles. The molecule has 1 saturated heterocycles. The molecule has 0 amide bonds. The van der Waals surface area contributed by atoms with Crippen molar-refractivity contribution in [2.45, 2.75) is 45.6 Å². The van der Waals surface area contributed by atoms with Crippen molar-refractivity contribution in [2.24, 2.45) is 5.92 Å². The molecule has 2 nitrogen and oxygen atoms in total. The fourth-order valence-electron chi connectivity index (χ4n) is 3.51. The van der Waals surface area contributed by atoms with Gasteiger partial charge in [0.2, 0.25) is 0 Å². The van der Waals surface area contributed by atoms with Gasteiger partial charge in [-0.2, -0.15) is 0 Å². The van der Waals surface area contributed by atoms with Gasteiger partial charge >= 0.3 is 0 Å². The van der Waals surface area contributed by atoms with E-state index in [1.165, 1.54) is 36.0 Å². The maximum atomic E-state index is 6.10. The normalized spacial score (nSPS) is 20.8. The summed E-state index contributed by atoms with van der Waals surface area (Å²) in [5, 5.41) is 0. The maximum Gasteiger partial charge on any atom is 0.119 e. The van der Waals surface area contributed by atoms with Crippen molar-refractivity contribution in [3.63, 3.8) is 0 Å². The molecule has 0 aromatic heterocycles. The highest BCUT2D eigenvalue weighted by Crippen LogP contribution is 2.33. The van der Waals surface area contributed by atoms with Gasteiger partial charge in [-0.1, -0.05) is 49.7 Å². The van der Waals surface area contributed by atoms with E-state index in [0.29, 0.717) is 6.61 Å². The van der Waals surface area contributed by atoms with Gasteiger partial charge in [-0.25, -0.2) is 0 Å². The van der Waals surface area contributed by atoms with Gasteiger partial charge in [0.15, 0.2) is 0 Å². The highest BCUT2D eigenvalue weighted by molar-refractivity contribution is 5.64. The van der Waals surface area contributed by atoms with E-state index in [0.717, 1.165) is 24.7 Å². The van der Waals surface area contributed by atoms with E-state index in [1.807, 2.05) is 19.1 Å². The zero-order valence-corrected chi connectivity index (χ0v) is 14.8. The Labute approximate surface area is 145 Å². The lowest BCUT2D eigenvalue weighted by Gasteiger charge is -2.29. The Morgan fingerprint density at radius 3 is 2.12 bits per heavy atom. The minimum absolute atomic E-state index is 0.271. The van der Waals surface area contributed by atoms with Crippen LogP contribution >= 0.6 is 0 Å². The molecule has 0 aliphatic carbocycles. The zero-order chi connectivity index (χ0) is 16.8. The number of rotatable bonds is 6. The molecule has 2 aromatic carbocycles. The monoisotopic (exact) mass is 324 g/mol. The first-order valence-electron chi connectivity index (χ1n) is 9.25. The van der Waals surface area contributed by atoms with E-state index in [1.54, 1.807) is 0 Å². The van der Waals surface area contributed by atoms with Gasteiger partial charge < -0.3 is 9.47 Å². The number of ether oxygens (including phenoxy) is 2. The molecular formula is C22H28O2. The quantitative estimate of drug-likeness (QED) is 0.647. The van der Waals surface area contributed by atoms with Crippen molar-refractivity contribution < 1.29 is 9.47 Å². The topological polar surface area (TPSA) is 18.5 Å². The largest absolute Gasteiger partial charge is 0.494 e. The summed E-state index contributed by atoms with van der Waals surface area (Å²) in [5.41, 5.74) is 3.76. The summed E-state index contributed by atoms with van der Waals surface area (Å²) < 4.78 is 11.6. The first-order valence-corrected chi connectivity index (χ1v) is 9.25. The summed E-state index contributed by atoms with van der Waals surface area (Å²) in [5.74, 6) is 1.68. The minimum Gasteiger partial charge on any atom is -0.494 e. The summed E-state index contributed by atoms with van der Waals surface area (Å²) in [4.78, 5) is 0. The van der Waals surface area contributed by atoms with Crippen LogP contribution < -0.4 is 4.74 Å². The third-order valence-electron chi connectivity index (χ3n) is 4.85. The van der Waals surface area contributed by atoms with Crippen LogP contribution in [0.1, 0.15) is 51.2 Å². The summed E-state index contributed by atoms with van der Waals surface area (Å²) in [6.07, 6.45) is 5.26. The van der Waals surface area contributed by atoms with Crippen molar-refractivity contribution in [3.05, 3.63) is 54.1 Å². The minimum atomic E-state index is 0.271. The van der Waals surface area contributed by atoms with Crippen LogP contribution in [0.2, 0.25) is 0 Å². The first-order chi connectivity index (χ1) is 11.8. The van der Waals surface area contributed by atoms with E-state index >= 15 is 0 Å². The average Bonchev–Trinajstić information content (AvgIpc) is 2.64. The van der Waals surface area contributed by atoms with Gasteiger partial charge in [0.25, 0.3) is 0 Å². The molecule has 2 atom stereocenters. The Balaban J connectivity index is 1.63. The Kier molecular flexibility index (Phi) is 5.92. The molecule has 0 radical (unpaired) electrons. The summed E-state index contributed by atoms with van der Waals surface area (Å²) >= 11 is 0. The second-order valence-electron chi connectivity index (χ2n) is 6.63. The second kappa shape index (κ2) is 8.34. The summed E-state index contributed by atoms with van der Waals surface area (Å²) in [6.45, 7) is 5.88. The predicted molar refractivity (Wildman–Crippen MR) is 99.4 cm³/mol. The van der Waals surface area contributed by atoms with Crippen LogP contribution in [0.3, 0.4) is 0 Å². The molecule has 2 heteroatoms. The molecule has 0 N–H and O–H groups in total. The standard InChI is InChI=1S/C22H28O2/c1-3-5-17-6-15-22(24-16-17)20-9-7-18(8-10-20)19-11-13-21(14-12-19)23-4-2/h7-14,17,22H,3-6,15-16H2,1-2H3. The van der Waals surface area contributed by atoms with Gasteiger partial charge in [-0.15, -0.1) is 0 Å². The molecule has 24 heavy (non-hydrogen) atoms. The Hall–Kier alpha value is -1.80. The molecule has 1 aliphatic rings. The van der Waals surface area contributed by atoms with Crippen molar-refractivity contribution in [1.82, 2.24) is 0 Å². The highest BCUT2D eigenvalue weighted by atomic mass is 16.5. The third-order valence-corrected chi connectivity index (χ3v) is 4.85. The van der Waals surface area contributed by atoms with E-state index in [-0.39, 0.29) is 6.10 Å². The van der Waals surface area contributed by atoms with Crippen LogP contribution in [-0.4, -0.2) is 13.2 Å². The molecule has 0 saturated carbocycles. The third kappa shape index (κ3) is 4.18. The van der Waals surface area contributed by atoms with E-state index in [4.69, 9.17) is 9.47 Å². The lowest BCUT2D eigenvalue weighted by molar-refractivity contribution is -0.0194. The summed E-state index contributed by atoms with van der Waals surface area (Å²) in [6, 6.07) is 17.1. The van der Waals surface area contributed by atoms with Crippen LogP contribution in [0.15, 0.2) is 48.5 Å². The fourth-order valence-corrected chi connectivity index (χ4v) is 3.51. The molecule has 1 heterocycles. The van der Waals surface area contributed by atoms with E-state index in [2.05, 4.69) is 43.3 Å². The lowest BCUT2D eigenvalue weighted by Crippen LogP contribution is -2.20. The van der Waals surface area contributed by atoms with E-state index < -0.39 is 0 Å². The molecule has 0 bridgehead atoms. The zero-order valence-electron chi connectivity index (χ0n) is 14.8. The number of hydrogen-bond donors (Lipinski definition) is 0. The average molecular weight is 324 g/mol. The SMILES string of the molecule is CCCC1CCC(c2ccc(-c3ccc(OCC)cc3)cc2)OC1. The molecule has 128 valence electrons. The molecule has 1 fully saturated rings. The highest BCUT2D eigenvalue weighted by Gasteiger charge is 2.22. The summed E-state index contributed by atoms with van der Waals surface area (Å²) in [7, 11) is 0. The van der Waals surface area contributed by atoms with Crippen LogP contribution in [-0.2, 0) is 4.74 Å². The van der Waals surface area contributed by atoms with E-state index in [9.17, 15) is 0 Å². The second-order valence-corrected chi connectivity index (χ2v) is 6.63.